The first-order valence-corrected chi connectivity index (χ1v) is 9.84. The molecule has 0 fully saturated rings. The van der Waals surface area contributed by atoms with Gasteiger partial charge >= 0.3 is 0 Å². The molecule has 0 aromatic rings. The normalized spacial score (nSPS) is 17.2. The van der Waals surface area contributed by atoms with E-state index in [9.17, 15) is 0 Å². The van der Waals surface area contributed by atoms with Crippen LogP contribution >= 0.6 is 0 Å². The van der Waals surface area contributed by atoms with Gasteiger partial charge in [-0.25, -0.2) is 4.99 Å². The Balaban J connectivity index is 1.89. The van der Waals surface area contributed by atoms with E-state index in [1.165, 1.54) is 57.8 Å². The molecule has 1 heterocycles. The maximum Gasteiger partial charge on any atom is 0.183 e. The highest BCUT2D eigenvalue weighted by molar-refractivity contribution is 5.78. The fourth-order valence-electron chi connectivity index (χ4n) is 2.66. The summed E-state index contributed by atoms with van der Waals surface area (Å²) in [6.07, 6.45) is 25.5. The maximum absolute atomic E-state index is 5.62. The molecule has 0 aromatic carbocycles. The highest BCUT2D eigenvalue weighted by Crippen LogP contribution is 2.19. The summed E-state index contributed by atoms with van der Waals surface area (Å²) in [5.41, 5.74) is 0.00140. The number of ether oxygens (including phenoxy) is 1. The molecular weight excluding hydrogens is 294 g/mol. The van der Waals surface area contributed by atoms with Crippen LogP contribution in [0.4, 0.5) is 0 Å². The predicted molar refractivity (Wildman–Crippen MR) is 107 cm³/mol. The number of hydrogen-bond acceptors (Lipinski definition) is 2. The van der Waals surface area contributed by atoms with E-state index < -0.39 is 0 Å². The van der Waals surface area contributed by atoms with Gasteiger partial charge in [0.05, 0.1) is 5.54 Å². The highest BCUT2D eigenvalue weighted by Gasteiger charge is 2.25. The Labute approximate surface area is 149 Å². The fraction of sp³-hybridized carbons (Fsp3) is 0.682. The van der Waals surface area contributed by atoms with Gasteiger partial charge < -0.3 is 4.74 Å². The first-order valence-electron chi connectivity index (χ1n) is 9.84. The smallest absolute Gasteiger partial charge is 0.183 e. The lowest BCUT2D eigenvalue weighted by molar-refractivity contribution is 0.273. The van der Waals surface area contributed by atoms with Gasteiger partial charge in [-0.2, -0.15) is 0 Å². The zero-order chi connectivity index (χ0) is 17.5. The van der Waals surface area contributed by atoms with Crippen molar-refractivity contribution in [2.24, 2.45) is 4.99 Å². The molecule has 0 amide bonds. The van der Waals surface area contributed by atoms with Crippen LogP contribution in [0.2, 0.25) is 0 Å². The summed E-state index contributed by atoms with van der Waals surface area (Å²) >= 11 is 0. The van der Waals surface area contributed by atoms with Crippen molar-refractivity contribution in [1.29, 1.82) is 0 Å². The molecule has 0 saturated carbocycles. The summed E-state index contributed by atoms with van der Waals surface area (Å²) in [6, 6.07) is 0. The third-order valence-corrected chi connectivity index (χ3v) is 4.11. The minimum absolute atomic E-state index is 0.00140. The van der Waals surface area contributed by atoms with Gasteiger partial charge in [-0.15, -0.1) is 0 Å². The van der Waals surface area contributed by atoms with Crippen LogP contribution < -0.4 is 0 Å². The highest BCUT2D eigenvalue weighted by atomic mass is 16.5. The van der Waals surface area contributed by atoms with E-state index in [0.717, 1.165) is 18.9 Å². The molecule has 0 bridgehead atoms. The van der Waals surface area contributed by atoms with Crippen LogP contribution in [0.1, 0.15) is 85.0 Å². The average molecular weight is 332 g/mol. The van der Waals surface area contributed by atoms with E-state index >= 15 is 0 Å². The van der Waals surface area contributed by atoms with E-state index in [1.54, 1.807) is 0 Å². The van der Waals surface area contributed by atoms with Crippen molar-refractivity contribution in [3.8, 4) is 0 Å². The second-order valence-electron chi connectivity index (χ2n) is 7.30. The monoisotopic (exact) mass is 331 g/mol. The van der Waals surface area contributed by atoms with Crippen LogP contribution in [0.25, 0.3) is 0 Å². The van der Waals surface area contributed by atoms with Crippen molar-refractivity contribution in [3.05, 3.63) is 36.5 Å². The molecule has 0 atom stereocenters. The van der Waals surface area contributed by atoms with Gasteiger partial charge in [-0.05, 0) is 39.5 Å². The van der Waals surface area contributed by atoms with Gasteiger partial charge in [-0.3, -0.25) is 0 Å². The Morgan fingerprint density at radius 3 is 2.12 bits per heavy atom. The third-order valence-electron chi connectivity index (χ3n) is 4.11. The van der Waals surface area contributed by atoms with E-state index in [4.69, 9.17) is 4.74 Å². The second-order valence-corrected chi connectivity index (χ2v) is 7.30. The molecule has 0 aromatic heterocycles. The summed E-state index contributed by atoms with van der Waals surface area (Å²) in [6.45, 7) is 7.24. The van der Waals surface area contributed by atoms with Gasteiger partial charge in [0, 0.05) is 6.42 Å². The molecule has 0 N–H and O–H groups in total. The Morgan fingerprint density at radius 1 is 0.875 bits per heavy atom. The van der Waals surface area contributed by atoms with Crippen molar-refractivity contribution in [1.82, 2.24) is 0 Å². The lowest BCUT2D eigenvalue weighted by Gasteiger charge is -2.07. The minimum Gasteiger partial charge on any atom is -0.478 e. The molecule has 2 heteroatoms. The van der Waals surface area contributed by atoms with E-state index in [2.05, 4.69) is 62.2 Å². The van der Waals surface area contributed by atoms with E-state index in [-0.39, 0.29) is 5.54 Å². The van der Waals surface area contributed by atoms with E-state index in [1.807, 2.05) is 0 Å². The van der Waals surface area contributed by atoms with Gasteiger partial charge in [0.15, 0.2) is 5.90 Å². The summed E-state index contributed by atoms with van der Waals surface area (Å²) in [4.78, 5) is 4.60. The van der Waals surface area contributed by atoms with Gasteiger partial charge in [0.25, 0.3) is 0 Å². The zero-order valence-corrected chi connectivity index (χ0v) is 16.1. The molecule has 1 aliphatic rings. The Kier molecular flexibility index (Phi) is 11.3. The Bertz CT molecular complexity index is 429. The maximum atomic E-state index is 5.62. The predicted octanol–water partition coefficient (Wildman–Crippen LogP) is 6.78. The van der Waals surface area contributed by atoms with Crippen molar-refractivity contribution in [3.63, 3.8) is 0 Å². The molecule has 1 aliphatic heterocycles. The number of rotatable bonds is 13. The first kappa shape index (κ1) is 20.7. The van der Waals surface area contributed by atoms with Crippen LogP contribution in [0.15, 0.2) is 41.4 Å². The van der Waals surface area contributed by atoms with Crippen molar-refractivity contribution < 1.29 is 4.74 Å². The van der Waals surface area contributed by atoms with Crippen LogP contribution in [0.3, 0.4) is 0 Å². The lowest BCUT2D eigenvalue weighted by Crippen LogP contribution is -2.17. The molecule has 0 spiro atoms. The van der Waals surface area contributed by atoms with E-state index in [0.29, 0.717) is 0 Å². The average Bonchev–Trinajstić information content (AvgIpc) is 2.90. The first-order chi connectivity index (χ1) is 11.6. The number of nitrogens with zero attached hydrogens (tertiary/aromatic N) is 1. The van der Waals surface area contributed by atoms with Crippen LogP contribution in [0, 0.1) is 0 Å². The molecule has 136 valence electrons. The van der Waals surface area contributed by atoms with Gasteiger partial charge in [-0.1, -0.05) is 75.5 Å². The number of allylic oxidation sites excluding steroid dienone is 6. The molecule has 0 aliphatic carbocycles. The van der Waals surface area contributed by atoms with Crippen LogP contribution in [0.5, 0.6) is 0 Å². The molecule has 2 nitrogen and oxygen atoms in total. The second kappa shape index (κ2) is 13.0. The summed E-state index contributed by atoms with van der Waals surface area (Å²) in [5, 5.41) is 0. The number of unbranched alkanes of at least 4 members (excludes halogenated alkanes) is 7. The largest absolute Gasteiger partial charge is 0.478 e. The third kappa shape index (κ3) is 11.3. The SMILES string of the molecule is CCCC/C=C/C=C/C=C\CCCCCCCC1=NC(C)(C)CO1. The summed E-state index contributed by atoms with van der Waals surface area (Å²) in [5.74, 6) is 0.971. The number of aliphatic imine (C=N–C) groups is 1. The van der Waals surface area contributed by atoms with Crippen LogP contribution in [-0.4, -0.2) is 18.0 Å². The lowest BCUT2D eigenvalue weighted by atomic mass is 10.1. The van der Waals surface area contributed by atoms with Crippen LogP contribution in [-0.2, 0) is 4.74 Å². The van der Waals surface area contributed by atoms with Gasteiger partial charge in [0.2, 0.25) is 0 Å². The van der Waals surface area contributed by atoms with Gasteiger partial charge in [0.1, 0.15) is 6.61 Å². The molecular formula is C22H37NO. The quantitative estimate of drug-likeness (QED) is 0.269. The standard InChI is InChI=1S/C22H37NO/c1-4-5-6-7-8-9-10-11-12-13-14-15-16-17-18-19-21-23-22(2,3)20-24-21/h7-12H,4-6,13-20H2,1-3H3/b8-7+,10-9+,12-11-. The topological polar surface area (TPSA) is 21.6 Å². The summed E-state index contributed by atoms with van der Waals surface area (Å²) in [7, 11) is 0. The molecule has 24 heavy (non-hydrogen) atoms. The minimum atomic E-state index is 0.00140. The Hall–Kier alpha value is -1.31. The van der Waals surface area contributed by atoms with Crippen molar-refractivity contribution in [2.75, 3.05) is 6.61 Å². The molecule has 0 radical (unpaired) electrons. The molecule has 0 saturated heterocycles. The summed E-state index contributed by atoms with van der Waals surface area (Å²) < 4.78 is 5.62. The number of hydrogen-bond donors (Lipinski definition) is 0. The fourth-order valence-corrected chi connectivity index (χ4v) is 2.66. The molecule has 1 rings (SSSR count). The zero-order valence-electron chi connectivity index (χ0n) is 16.1. The molecule has 0 unspecified atom stereocenters. The van der Waals surface area contributed by atoms with Crippen molar-refractivity contribution in [2.45, 2.75) is 90.5 Å². The van der Waals surface area contributed by atoms with Crippen molar-refractivity contribution >= 4 is 5.90 Å². The Morgan fingerprint density at radius 2 is 1.50 bits per heavy atom.